The van der Waals surface area contributed by atoms with Crippen LogP contribution < -0.4 is 0 Å². The Morgan fingerprint density at radius 1 is 1.05 bits per heavy atom. The largest absolute Gasteiger partial charge is 0.337 e. The summed E-state index contributed by atoms with van der Waals surface area (Å²) in [6.45, 7) is 0.343. The molecule has 0 saturated carbocycles. The first-order valence-electron chi connectivity index (χ1n) is 5.82. The molecule has 4 heteroatoms. The van der Waals surface area contributed by atoms with Crippen molar-refractivity contribution in [2.24, 2.45) is 0 Å². The Labute approximate surface area is 110 Å². The number of benzene rings is 2. The van der Waals surface area contributed by atoms with Gasteiger partial charge in [-0.05, 0) is 35.9 Å². The predicted molar refractivity (Wildman–Crippen MR) is 68.6 cm³/mol. The van der Waals surface area contributed by atoms with Crippen LogP contribution in [0.5, 0.6) is 0 Å². The highest BCUT2D eigenvalue weighted by Gasteiger charge is 2.12. The van der Waals surface area contributed by atoms with Crippen LogP contribution in [0.4, 0.5) is 8.78 Å². The lowest BCUT2D eigenvalue weighted by atomic mass is 10.1. The lowest BCUT2D eigenvalue weighted by Crippen LogP contribution is -2.26. The van der Waals surface area contributed by atoms with Crippen molar-refractivity contribution in [1.29, 1.82) is 0 Å². The molecule has 0 radical (unpaired) electrons. The van der Waals surface area contributed by atoms with E-state index in [0.717, 1.165) is 5.56 Å². The van der Waals surface area contributed by atoms with Gasteiger partial charge in [0.05, 0.1) is 0 Å². The molecule has 2 nitrogen and oxygen atoms in total. The molecular weight excluding hydrogens is 248 g/mol. The van der Waals surface area contributed by atoms with Crippen LogP contribution in [0.2, 0.25) is 0 Å². The summed E-state index contributed by atoms with van der Waals surface area (Å²) in [5, 5.41) is 0. The van der Waals surface area contributed by atoms with Gasteiger partial charge in [-0.25, -0.2) is 8.78 Å². The molecule has 0 aliphatic carbocycles. The van der Waals surface area contributed by atoms with Crippen molar-refractivity contribution in [3.8, 4) is 0 Å². The quantitative estimate of drug-likeness (QED) is 0.830. The van der Waals surface area contributed by atoms with E-state index in [1.165, 1.54) is 35.2 Å². The van der Waals surface area contributed by atoms with Gasteiger partial charge in [-0.2, -0.15) is 0 Å². The van der Waals surface area contributed by atoms with Crippen LogP contribution in [0.15, 0.2) is 48.5 Å². The van der Waals surface area contributed by atoms with Gasteiger partial charge in [0.15, 0.2) is 0 Å². The molecule has 0 bridgehead atoms. The van der Waals surface area contributed by atoms with E-state index >= 15 is 0 Å². The van der Waals surface area contributed by atoms with E-state index in [2.05, 4.69) is 0 Å². The first kappa shape index (κ1) is 13.2. The molecule has 2 aromatic carbocycles. The minimum Gasteiger partial charge on any atom is -0.337 e. The maximum atomic E-state index is 13.0. The Hall–Kier alpha value is -2.23. The Morgan fingerprint density at radius 2 is 1.74 bits per heavy atom. The van der Waals surface area contributed by atoms with Crippen molar-refractivity contribution < 1.29 is 13.6 Å². The summed E-state index contributed by atoms with van der Waals surface area (Å²) >= 11 is 0. The standard InChI is InChI=1S/C15H13F2NO/c1-18(10-11-5-7-13(16)8-6-11)15(19)12-3-2-4-14(17)9-12/h2-9H,10H2,1H3. The SMILES string of the molecule is CN(Cc1ccc(F)cc1)C(=O)c1cccc(F)c1. The van der Waals surface area contributed by atoms with Crippen molar-refractivity contribution in [2.75, 3.05) is 7.05 Å². The van der Waals surface area contributed by atoms with Crippen molar-refractivity contribution in [3.05, 3.63) is 71.3 Å². The van der Waals surface area contributed by atoms with E-state index < -0.39 is 5.82 Å². The topological polar surface area (TPSA) is 20.3 Å². The molecule has 0 aromatic heterocycles. The van der Waals surface area contributed by atoms with Crippen LogP contribution in [0.25, 0.3) is 0 Å². The summed E-state index contributed by atoms with van der Waals surface area (Å²) in [6, 6.07) is 11.5. The first-order chi connectivity index (χ1) is 9.06. The van der Waals surface area contributed by atoms with Crippen molar-refractivity contribution >= 4 is 5.91 Å². The van der Waals surface area contributed by atoms with Gasteiger partial charge in [-0.3, -0.25) is 4.79 Å². The Bertz CT molecular complexity index is 581. The van der Waals surface area contributed by atoms with Gasteiger partial charge in [0.2, 0.25) is 0 Å². The van der Waals surface area contributed by atoms with Crippen LogP contribution in [0.1, 0.15) is 15.9 Å². The molecule has 1 amide bonds. The molecule has 98 valence electrons. The number of rotatable bonds is 3. The Balaban J connectivity index is 2.09. The highest BCUT2D eigenvalue weighted by Crippen LogP contribution is 2.10. The summed E-state index contributed by atoms with van der Waals surface area (Å²) in [5.74, 6) is -1.03. The van der Waals surface area contributed by atoms with E-state index in [4.69, 9.17) is 0 Å². The fraction of sp³-hybridized carbons (Fsp3) is 0.133. The normalized spacial score (nSPS) is 10.3. The first-order valence-corrected chi connectivity index (χ1v) is 5.82. The number of hydrogen-bond acceptors (Lipinski definition) is 1. The highest BCUT2D eigenvalue weighted by atomic mass is 19.1. The summed E-state index contributed by atoms with van der Waals surface area (Å²) in [4.78, 5) is 13.5. The highest BCUT2D eigenvalue weighted by molar-refractivity contribution is 5.94. The van der Waals surface area contributed by atoms with Gasteiger partial charge in [0.25, 0.3) is 5.91 Å². The van der Waals surface area contributed by atoms with E-state index in [0.29, 0.717) is 12.1 Å². The van der Waals surface area contributed by atoms with Crippen molar-refractivity contribution in [2.45, 2.75) is 6.54 Å². The number of carbonyl (C=O) groups excluding carboxylic acids is 1. The second-order valence-electron chi connectivity index (χ2n) is 4.30. The smallest absolute Gasteiger partial charge is 0.253 e. The number of halogens is 2. The third-order valence-corrected chi connectivity index (χ3v) is 2.75. The molecule has 0 heterocycles. The van der Waals surface area contributed by atoms with Gasteiger partial charge in [-0.15, -0.1) is 0 Å². The fourth-order valence-corrected chi connectivity index (χ4v) is 1.78. The zero-order chi connectivity index (χ0) is 13.8. The Morgan fingerprint density at radius 3 is 2.37 bits per heavy atom. The Kier molecular flexibility index (Phi) is 3.90. The molecule has 0 N–H and O–H groups in total. The summed E-state index contributed by atoms with van der Waals surface area (Å²) in [7, 11) is 1.62. The third kappa shape index (κ3) is 3.37. The second-order valence-corrected chi connectivity index (χ2v) is 4.30. The summed E-state index contributed by atoms with van der Waals surface area (Å²) < 4.78 is 25.8. The van der Waals surface area contributed by atoms with Crippen LogP contribution in [-0.4, -0.2) is 17.9 Å². The number of amides is 1. The van der Waals surface area contributed by atoms with E-state index in [9.17, 15) is 13.6 Å². The molecule has 19 heavy (non-hydrogen) atoms. The third-order valence-electron chi connectivity index (χ3n) is 2.75. The average Bonchev–Trinajstić information content (AvgIpc) is 2.40. The van der Waals surface area contributed by atoms with E-state index in [1.54, 1.807) is 25.2 Å². The van der Waals surface area contributed by atoms with Crippen molar-refractivity contribution in [1.82, 2.24) is 4.90 Å². The maximum Gasteiger partial charge on any atom is 0.253 e. The molecular formula is C15H13F2NO. The van der Waals surface area contributed by atoms with Crippen molar-refractivity contribution in [3.63, 3.8) is 0 Å². The number of hydrogen-bond donors (Lipinski definition) is 0. The lowest BCUT2D eigenvalue weighted by molar-refractivity contribution is 0.0784. The maximum absolute atomic E-state index is 13.0. The predicted octanol–water partition coefficient (Wildman–Crippen LogP) is 3.24. The monoisotopic (exact) mass is 261 g/mol. The molecule has 0 aliphatic rings. The fourth-order valence-electron chi connectivity index (χ4n) is 1.78. The summed E-state index contributed by atoms with van der Waals surface area (Å²) in [5.41, 5.74) is 1.11. The number of nitrogens with zero attached hydrogens (tertiary/aromatic N) is 1. The molecule has 0 unspecified atom stereocenters. The molecule has 2 aromatic rings. The second kappa shape index (κ2) is 5.61. The van der Waals surface area contributed by atoms with Crippen LogP contribution >= 0.6 is 0 Å². The van der Waals surface area contributed by atoms with E-state index in [-0.39, 0.29) is 11.7 Å². The molecule has 0 saturated heterocycles. The molecule has 2 rings (SSSR count). The van der Waals surface area contributed by atoms with Gasteiger partial charge in [-0.1, -0.05) is 18.2 Å². The van der Waals surface area contributed by atoms with Crippen LogP contribution in [0, 0.1) is 11.6 Å². The molecule has 0 fully saturated rings. The molecule has 0 atom stereocenters. The van der Waals surface area contributed by atoms with E-state index in [1.807, 2.05) is 0 Å². The molecule has 0 aliphatic heterocycles. The minimum atomic E-state index is -0.443. The minimum absolute atomic E-state index is 0.274. The zero-order valence-corrected chi connectivity index (χ0v) is 10.4. The summed E-state index contributed by atoms with van der Waals surface area (Å²) in [6.07, 6.45) is 0. The van der Waals surface area contributed by atoms with Gasteiger partial charge >= 0.3 is 0 Å². The zero-order valence-electron chi connectivity index (χ0n) is 10.4. The van der Waals surface area contributed by atoms with Gasteiger partial charge < -0.3 is 4.90 Å². The molecule has 0 spiro atoms. The lowest BCUT2D eigenvalue weighted by Gasteiger charge is -2.17. The van der Waals surface area contributed by atoms with Gasteiger partial charge in [0, 0.05) is 19.2 Å². The van der Waals surface area contributed by atoms with Crippen LogP contribution in [0.3, 0.4) is 0 Å². The van der Waals surface area contributed by atoms with Crippen LogP contribution in [-0.2, 0) is 6.54 Å². The number of carbonyl (C=O) groups is 1. The van der Waals surface area contributed by atoms with Gasteiger partial charge in [0.1, 0.15) is 11.6 Å². The average molecular weight is 261 g/mol.